The molecule has 0 radical (unpaired) electrons. The molecule has 0 fully saturated rings. The van der Waals surface area contributed by atoms with Crippen molar-refractivity contribution >= 4 is 11.6 Å². The zero-order valence-electron chi connectivity index (χ0n) is 13.7. The Hall–Kier alpha value is -1.50. The van der Waals surface area contributed by atoms with Gasteiger partial charge in [0.1, 0.15) is 5.82 Å². The second-order valence-corrected chi connectivity index (χ2v) is 3.85. The van der Waals surface area contributed by atoms with E-state index in [1.807, 2.05) is 27.7 Å². The Labute approximate surface area is 131 Å². The summed E-state index contributed by atoms with van der Waals surface area (Å²) >= 11 is 0. The zero-order chi connectivity index (χ0) is 17.5. The van der Waals surface area contributed by atoms with E-state index in [9.17, 15) is 19.4 Å². The van der Waals surface area contributed by atoms with Gasteiger partial charge in [-0.1, -0.05) is 39.8 Å². The summed E-state index contributed by atoms with van der Waals surface area (Å²) in [6.07, 6.45) is -2.59. The van der Waals surface area contributed by atoms with Crippen LogP contribution in [0.15, 0.2) is 24.3 Å². The summed E-state index contributed by atoms with van der Waals surface area (Å²) < 4.78 is 13.2. The molecule has 0 saturated heterocycles. The van der Waals surface area contributed by atoms with Gasteiger partial charge in [0.25, 0.3) is 5.91 Å². The molecule has 2 unspecified atom stereocenters. The van der Waals surface area contributed by atoms with E-state index in [-0.39, 0.29) is 25.1 Å². The Bertz CT molecular complexity index is 401. The number of hydrogen-bond acceptors (Lipinski definition) is 4. The normalized spacial score (nSPS) is 12.0. The number of benzene rings is 1. The molecule has 1 aromatic carbocycles. The van der Waals surface area contributed by atoms with Gasteiger partial charge in [-0.3, -0.25) is 4.79 Å². The van der Waals surface area contributed by atoms with E-state index in [1.165, 1.54) is 24.3 Å². The van der Waals surface area contributed by atoms with Crippen molar-refractivity contribution in [3.63, 3.8) is 0 Å². The standard InChI is InChI=1S/C12H16FNO4.2C2H6/c13-8-4-1-2-5-9(8)14-12(18)11(17)10(16)6-3-7-15;2*1-2/h1-2,4-5,10-11,15-17H,3,6-7H2,(H,14,18);2*1-2H3. The Balaban J connectivity index is 0. The van der Waals surface area contributed by atoms with Crippen molar-refractivity contribution in [1.29, 1.82) is 0 Å². The van der Waals surface area contributed by atoms with Gasteiger partial charge in [0.2, 0.25) is 0 Å². The van der Waals surface area contributed by atoms with E-state index in [0.29, 0.717) is 0 Å². The van der Waals surface area contributed by atoms with E-state index in [0.717, 1.165) is 0 Å². The Morgan fingerprint density at radius 2 is 1.73 bits per heavy atom. The molecule has 5 nitrogen and oxygen atoms in total. The van der Waals surface area contributed by atoms with Crippen molar-refractivity contribution in [2.75, 3.05) is 11.9 Å². The van der Waals surface area contributed by atoms with Crippen molar-refractivity contribution in [2.45, 2.75) is 52.7 Å². The molecule has 22 heavy (non-hydrogen) atoms. The van der Waals surface area contributed by atoms with Gasteiger partial charge in [0.05, 0.1) is 11.8 Å². The average Bonchev–Trinajstić information content (AvgIpc) is 2.57. The van der Waals surface area contributed by atoms with Crippen molar-refractivity contribution in [1.82, 2.24) is 0 Å². The highest BCUT2D eigenvalue weighted by Gasteiger charge is 2.24. The average molecular weight is 317 g/mol. The SMILES string of the molecule is CC.CC.O=C(Nc1ccccc1F)C(O)C(O)CCCO. The lowest BCUT2D eigenvalue weighted by atomic mass is 10.1. The van der Waals surface area contributed by atoms with Crippen LogP contribution in [0.3, 0.4) is 0 Å². The van der Waals surface area contributed by atoms with Crippen molar-refractivity contribution in [3.05, 3.63) is 30.1 Å². The number of aliphatic hydroxyl groups excluding tert-OH is 3. The van der Waals surface area contributed by atoms with Gasteiger partial charge in [-0.05, 0) is 25.0 Å². The van der Waals surface area contributed by atoms with Crippen molar-refractivity contribution < 1.29 is 24.5 Å². The molecule has 0 aromatic heterocycles. The number of nitrogens with one attached hydrogen (secondary N) is 1. The lowest BCUT2D eigenvalue weighted by molar-refractivity contribution is -0.130. The second-order valence-electron chi connectivity index (χ2n) is 3.85. The first-order valence-corrected chi connectivity index (χ1v) is 7.58. The molecule has 6 heteroatoms. The highest BCUT2D eigenvalue weighted by atomic mass is 19.1. The maximum atomic E-state index is 13.2. The van der Waals surface area contributed by atoms with Crippen molar-refractivity contribution in [3.8, 4) is 0 Å². The Morgan fingerprint density at radius 1 is 1.18 bits per heavy atom. The second kappa shape index (κ2) is 14.4. The van der Waals surface area contributed by atoms with Crippen LogP contribution in [0.5, 0.6) is 0 Å². The third-order valence-corrected chi connectivity index (χ3v) is 2.42. The fourth-order valence-electron chi connectivity index (χ4n) is 1.40. The minimum Gasteiger partial charge on any atom is -0.396 e. The van der Waals surface area contributed by atoms with Gasteiger partial charge in [0.15, 0.2) is 6.10 Å². The predicted molar refractivity (Wildman–Crippen MR) is 86.1 cm³/mol. The molecule has 0 spiro atoms. The first-order valence-electron chi connectivity index (χ1n) is 7.58. The number of carbonyl (C=O) groups excluding carboxylic acids is 1. The van der Waals surface area contributed by atoms with Gasteiger partial charge in [-0.15, -0.1) is 0 Å². The number of para-hydroxylation sites is 1. The molecule has 128 valence electrons. The third-order valence-electron chi connectivity index (χ3n) is 2.42. The minimum absolute atomic E-state index is 0.0593. The number of carbonyl (C=O) groups is 1. The topological polar surface area (TPSA) is 89.8 Å². The molecule has 0 saturated carbocycles. The predicted octanol–water partition coefficient (Wildman–Crippen LogP) is 2.31. The summed E-state index contributed by atoms with van der Waals surface area (Å²) in [6.45, 7) is 7.86. The van der Waals surface area contributed by atoms with Crippen molar-refractivity contribution in [2.24, 2.45) is 0 Å². The molecule has 1 aromatic rings. The molecular weight excluding hydrogens is 289 g/mol. The maximum absolute atomic E-state index is 13.2. The summed E-state index contributed by atoms with van der Waals surface area (Å²) in [7, 11) is 0. The molecule has 0 bridgehead atoms. The minimum atomic E-state index is -1.66. The Kier molecular flexibility index (Phi) is 14.9. The number of aliphatic hydroxyl groups is 3. The number of amides is 1. The molecular formula is C16H28FNO4. The third kappa shape index (κ3) is 8.71. The summed E-state index contributed by atoms with van der Waals surface area (Å²) in [4.78, 5) is 11.5. The quantitative estimate of drug-likeness (QED) is 0.648. The lowest BCUT2D eigenvalue weighted by Gasteiger charge is -2.17. The molecule has 0 heterocycles. The van der Waals surface area contributed by atoms with E-state index in [1.54, 1.807) is 0 Å². The Morgan fingerprint density at radius 3 is 2.23 bits per heavy atom. The summed E-state index contributed by atoms with van der Waals surface area (Å²) in [6, 6.07) is 5.52. The van der Waals surface area contributed by atoms with E-state index >= 15 is 0 Å². The smallest absolute Gasteiger partial charge is 0.255 e. The molecule has 4 N–H and O–H groups in total. The van der Waals surface area contributed by atoms with Gasteiger partial charge < -0.3 is 20.6 Å². The maximum Gasteiger partial charge on any atom is 0.255 e. The number of rotatable bonds is 6. The monoisotopic (exact) mass is 317 g/mol. The van der Waals surface area contributed by atoms with Crippen LogP contribution in [-0.4, -0.2) is 40.0 Å². The van der Waals surface area contributed by atoms with E-state index in [2.05, 4.69) is 5.32 Å². The van der Waals surface area contributed by atoms with Crippen LogP contribution in [0.25, 0.3) is 0 Å². The summed E-state index contributed by atoms with van der Waals surface area (Å²) in [5.74, 6) is -1.51. The zero-order valence-corrected chi connectivity index (χ0v) is 13.7. The molecule has 0 aliphatic carbocycles. The molecule has 0 aliphatic rings. The largest absolute Gasteiger partial charge is 0.396 e. The van der Waals surface area contributed by atoms with Crippen LogP contribution >= 0.6 is 0 Å². The van der Waals surface area contributed by atoms with E-state index in [4.69, 9.17) is 5.11 Å². The number of hydrogen-bond donors (Lipinski definition) is 4. The van der Waals surface area contributed by atoms with E-state index < -0.39 is 23.9 Å². The molecule has 1 amide bonds. The summed E-state index contributed by atoms with van der Waals surface area (Å²) in [5.41, 5.74) is -0.0593. The van der Waals surface area contributed by atoms with Crippen LogP contribution in [0.4, 0.5) is 10.1 Å². The van der Waals surface area contributed by atoms with Crippen LogP contribution in [0, 0.1) is 5.82 Å². The van der Waals surface area contributed by atoms with Crippen LogP contribution in [0.2, 0.25) is 0 Å². The molecule has 2 atom stereocenters. The van der Waals surface area contributed by atoms with Gasteiger partial charge in [0, 0.05) is 6.61 Å². The first-order chi connectivity index (χ1) is 10.6. The summed E-state index contributed by atoms with van der Waals surface area (Å²) in [5, 5.41) is 29.7. The molecule has 1 rings (SSSR count). The fraction of sp³-hybridized carbons (Fsp3) is 0.562. The van der Waals surface area contributed by atoms with Crippen LogP contribution in [-0.2, 0) is 4.79 Å². The fourth-order valence-corrected chi connectivity index (χ4v) is 1.40. The highest BCUT2D eigenvalue weighted by Crippen LogP contribution is 2.13. The molecule has 0 aliphatic heterocycles. The van der Waals surface area contributed by atoms with Gasteiger partial charge in [-0.25, -0.2) is 4.39 Å². The number of anilines is 1. The number of halogens is 1. The van der Waals surface area contributed by atoms with Crippen LogP contribution < -0.4 is 5.32 Å². The van der Waals surface area contributed by atoms with Gasteiger partial charge in [-0.2, -0.15) is 0 Å². The van der Waals surface area contributed by atoms with Crippen LogP contribution in [0.1, 0.15) is 40.5 Å². The lowest BCUT2D eigenvalue weighted by Crippen LogP contribution is -2.38. The van der Waals surface area contributed by atoms with Gasteiger partial charge >= 0.3 is 0 Å². The highest BCUT2D eigenvalue weighted by molar-refractivity contribution is 5.94. The first kappa shape index (κ1) is 22.8.